The summed E-state index contributed by atoms with van der Waals surface area (Å²) in [6.07, 6.45) is 1.09. The maximum Gasteiger partial charge on any atom is 0.508 e. The van der Waals surface area contributed by atoms with Crippen molar-refractivity contribution in [1.82, 2.24) is 0 Å². The Morgan fingerprint density at radius 3 is 2.67 bits per heavy atom. The average molecular weight is 244 g/mol. The maximum atomic E-state index is 10.9. The molecule has 18 heavy (non-hydrogen) atoms. The van der Waals surface area contributed by atoms with Gasteiger partial charge in [-0.2, -0.15) is 0 Å². The van der Waals surface area contributed by atoms with Crippen LogP contribution in [0.25, 0.3) is 0 Å². The fourth-order valence-corrected chi connectivity index (χ4v) is 1.14. The molecule has 0 radical (unpaired) electrons. The van der Waals surface area contributed by atoms with Crippen molar-refractivity contribution in [3.63, 3.8) is 0 Å². The van der Waals surface area contributed by atoms with Gasteiger partial charge in [0, 0.05) is 5.56 Å². The molecule has 0 aliphatic carbocycles. The standard InChI is InChI=1S/C15H16O3/c1-3-17-15(16)18-12-11-13(2)9-10-14-7-5-4-6-8-14/h4-8,11H,3,12H2,1-2H3/b13-11+. The molecule has 0 atom stereocenters. The molecule has 1 aromatic rings. The van der Waals surface area contributed by atoms with Crippen molar-refractivity contribution in [1.29, 1.82) is 0 Å². The molecule has 0 saturated heterocycles. The Balaban J connectivity index is 2.43. The summed E-state index contributed by atoms with van der Waals surface area (Å²) in [5, 5.41) is 0. The van der Waals surface area contributed by atoms with Crippen LogP contribution in [0.4, 0.5) is 4.79 Å². The molecule has 0 spiro atoms. The number of allylic oxidation sites excluding steroid dienone is 1. The second kappa shape index (κ2) is 7.97. The molecule has 3 nitrogen and oxygen atoms in total. The largest absolute Gasteiger partial charge is 0.508 e. The monoisotopic (exact) mass is 244 g/mol. The minimum atomic E-state index is -0.655. The topological polar surface area (TPSA) is 35.5 Å². The van der Waals surface area contributed by atoms with Crippen LogP contribution in [0.3, 0.4) is 0 Å². The lowest BCUT2D eigenvalue weighted by atomic mass is 10.2. The minimum Gasteiger partial charge on any atom is -0.435 e. The zero-order valence-electron chi connectivity index (χ0n) is 10.6. The van der Waals surface area contributed by atoms with E-state index in [1.165, 1.54) is 0 Å². The van der Waals surface area contributed by atoms with E-state index in [-0.39, 0.29) is 6.61 Å². The van der Waals surface area contributed by atoms with Crippen molar-refractivity contribution in [3.8, 4) is 11.8 Å². The zero-order valence-corrected chi connectivity index (χ0v) is 10.6. The molecule has 3 heteroatoms. The molecule has 0 aliphatic heterocycles. The number of hydrogen-bond acceptors (Lipinski definition) is 3. The van der Waals surface area contributed by atoms with Crippen LogP contribution in [0.2, 0.25) is 0 Å². The Hall–Kier alpha value is -2.21. The van der Waals surface area contributed by atoms with Crippen molar-refractivity contribution in [2.45, 2.75) is 13.8 Å². The number of rotatable bonds is 3. The Labute approximate surface area is 107 Å². The van der Waals surface area contributed by atoms with E-state index in [2.05, 4.69) is 16.6 Å². The van der Waals surface area contributed by atoms with E-state index in [0.29, 0.717) is 6.61 Å². The molecule has 0 unspecified atom stereocenters. The molecule has 0 aliphatic rings. The highest BCUT2D eigenvalue weighted by Crippen LogP contribution is 1.97. The normalized spacial score (nSPS) is 10.2. The van der Waals surface area contributed by atoms with Gasteiger partial charge in [0.15, 0.2) is 0 Å². The van der Waals surface area contributed by atoms with E-state index in [1.54, 1.807) is 13.0 Å². The summed E-state index contributed by atoms with van der Waals surface area (Å²) in [5.41, 5.74) is 1.81. The summed E-state index contributed by atoms with van der Waals surface area (Å²) in [6, 6.07) is 9.70. The van der Waals surface area contributed by atoms with Crippen molar-refractivity contribution >= 4 is 6.16 Å². The fourth-order valence-electron chi connectivity index (χ4n) is 1.14. The molecule has 0 bridgehead atoms. The molecule has 1 rings (SSSR count). The first-order valence-electron chi connectivity index (χ1n) is 5.75. The zero-order chi connectivity index (χ0) is 13.2. The van der Waals surface area contributed by atoms with Gasteiger partial charge in [0.2, 0.25) is 0 Å². The van der Waals surface area contributed by atoms with Crippen LogP contribution in [-0.2, 0) is 9.47 Å². The van der Waals surface area contributed by atoms with E-state index in [1.807, 2.05) is 37.3 Å². The highest BCUT2D eigenvalue weighted by atomic mass is 16.7. The Morgan fingerprint density at radius 1 is 1.28 bits per heavy atom. The Bertz CT molecular complexity index is 464. The van der Waals surface area contributed by atoms with Gasteiger partial charge in [-0.15, -0.1) is 0 Å². The number of carbonyl (C=O) groups excluding carboxylic acids is 1. The molecular weight excluding hydrogens is 228 g/mol. The molecule has 0 fully saturated rings. The highest BCUT2D eigenvalue weighted by Gasteiger charge is 1.98. The summed E-state index contributed by atoms with van der Waals surface area (Å²) in [7, 11) is 0. The van der Waals surface area contributed by atoms with E-state index in [9.17, 15) is 4.79 Å². The van der Waals surface area contributed by atoms with Crippen LogP contribution in [0, 0.1) is 11.8 Å². The van der Waals surface area contributed by atoms with Crippen LogP contribution in [0.1, 0.15) is 19.4 Å². The van der Waals surface area contributed by atoms with E-state index < -0.39 is 6.16 Å². The molecule has 0 saturated carbocycles. The third-order valence-electron chi connectivity index (χ3n) is 2.03. The summed E-state index contributed by atoms with van der Waals surface area (Å²) >= 11 is 0. The van der Waals surface area contributed by atoms with Gasteiger partial charge >= 0.3 is 6.16 Å². The quantitative estimate of drug-likeness (QED) is 0.605. The third kappa shape index (κ3) is 5.76. The molecular formula is C15H16O3. The predicted molar refractivity (Wildman–Crippen MR) is 70.1 cm³/mol. The van der Waals surface area contributed by atoms with Crippen molar-refractivity contribution in [3.05, 3.63) is 47.5 Å². The first-order chi connectivity index (χ1) is 8.72. The summed E-state index contributed by atoms with van der Waals surface area (Å²) < 4.78 is 9.43. The number of ether oxygens (including phenoxy) is 2. The molecule has 0 heterocycles. The Kier molecular flexibility index (Phi) is 6.13. The first kappa shape index (κ1) is 13.9. The van der Waals surface area contributed by atoms with Crippen LogP contribution in [0.15, 0.2) is 42.0 Å². The molecule has 1 aromatic carbocycles. The van der Waals surface area contributed by atoms with Gasteiger partial charge in [-0.3, -0.25) is 0 Å². The van der Waals surface area contributed by atoms with Gasteiger partial charge in [0.1, 0.15) is 6.61 Å². The van der Waals surface area contributed by atoms with Gasteiger partial charge < -0.3 is 9.47 Å². The van der Waals surface area contributed by atoms with Gasteiger partial charge in [-0.05, 0) is 37.6 Å². The first-order valence-corrected chi connectivity index (χ1v) is 5.75. The van der Waals surface area contributed by atoms with Gasteiger partial charge in [0.05, 0.1) is 6.61 Å². The van der Waals surface area contributed by atoms with Crippen molar-refractivity contribution in [2.75, 3.05) is 13.2 Å². The number of carbonyl (C=O) groups is 1. The van der Waals surface area contributed by atoms with Gasteiger partial charge in [-0.1, -0.05) is 30.0 Å². The Morgan fingerprint density at radius 2 is 2.00 bits per heavy atom. The lowest BCUT2D eigenvalue weighted by Crippen LogP contribution is -2.06. The van der Waals surface area contributed by atoms with E-state index in [0.717, 1.165) is 11.1 Å². The van der Waals surface area contributed by atoms with Crippen molar-refractivity contribution < 1.29 is 14.3 Å². The maximum absolute atomic E-state index is 10.9. The fraction of sp³-hybridized carbons (Fsp3) is 0.267. The molecule has 0 amide bonds. The average Bonchev–Trinajstić information content (AvgIpc) is 2.38. The minimum absolute atomic E-state index is 0.175. The third-order valence-corrected chi connectivity index (χ3v) is 2.03. The SMILES string of the molecule is CCOC(=O)OC/C=C(\C)C#Cc1ccccc1. The molecule has 0 aromatic heterocycles. The predicted octanol–water partition coefficient (Wildman–Crippen LogP) is 3.16. The van der Waals surface area contributed by atoms with Crippen LogP contribution in [0.5, 0.6) is 0 Å². The smallest absolute Gasteiger partial charge is 0.435 e. The van der Waals surface area contributed by atoms with Gasteiger partial charge in [-0.25, -0.2) is 4.79 Å². The lowest BCUT2D eigenvalue weighted by molar-refractivity contribution is 0.0672. The van der Waals surface area contributed by atoms with Crippen LogP contribution >= 0.6 is 0 Å². The number of benzene rings is 1. The van der Waals surface area contributed by atoms with Crippen molar-refractivity contribution in [2.24, 2.45) is 0 Å². The summed E-state index contributed by atoms with van der Waals surface area (Å²) in [4.78, 5) is 10.9. The second-order valence-electron chi connectivity index (χ2n) is 3.50. The molecule has 0 N–H and O–H groups in total. The van der Waals surface area contributed by atoms with Crippen LogP contribution < -0.4 is 0 Å². The second-order valence-corrected chi connectivity index (χ2v) is 3.50. The summed E-state index contributed by atoms with van der Waals surface area (Å²) in [6.45, 7) is 4.08. The number of hydrogen-bond donors (Lipinski definition) is 0. The highest BCUT2D eigenvalue weighted by molar-refractivity contribution is 5.59. The van der Waals surface area contributed by atoms with E-state index >= 15 is 0 Å². The van der Waals surface area contributed by atoms with Gasteiger partial charge in [0.25, 0.3) is 0 Å². The van der Waals surface area contributed by atoms with E-state index in [4.69, 9.17) is 4.74 Å². The lowest BCUT2D eigenvalue weighted by Gasteiger charge is -2.00. The molecule has 94 valence electrons. The van der Waals surface area contributed by atoms with Crippen LogP contribution in [-0.4, -0.2) is 19.4 Å². The summed E-state index contributed by atoms with van der Waals surface area (Å²) in [5.74, 6) is 6.00.